The Morgan fingerprint density at radius 3 is 2.29 bits per heavy atom. The molecular formula is C34H36O8. The quantitative estimate of drug-likeness (QED) is 0.360. The molecule has 2 aromatic rings. The number of phenols is 1. The molecule has 0 saturated heterocycles. The van der Waals surface area contributed by atoms with E-state index in [1.165, 1.54) is 13.0 Å². The average molecular weight is 573 g/mol. The van der Waals surface area contributed by atoms with Crippen LogP contribution in [0.1, 0.15) is 69.4 Å². The number of Topliss-reactive ketones (excluding diaryl/α,β-unsaturated/α-hetero) is 4. The molecule has 2 aromatic carbocycles. The molecule has 4 N–H and O–H groups in total. The summed E-state index contributed by atoms with van der Waals surface area (Å²) in [4.78, 5) is 52.3. The first kappa shape index (κ1) is 29.5. The van der Waals surface area contributed by atoms with Gasteiger partial charge >= 0.3 is 0 Å². The van der Waals surface area contributed by atoms with Gasteiger partial charge in [-0.3, -0.25) is 19.2 Å². The number of rotatable bonds is 5. The van der Waals surface area contributed by atoms with Crippen LogP contribution in [0.15, 0.2) is 59.1 Å². The van der Waals surface area contributed by atoms with Gasteiger partial charge in [-0.25, -0.2) is 0 Å². The lowest BCUT2D eigenvalue weighted by molar-refractivity contribution is -0.171. The van der Waals surface area contributed by atoms with Crippen molar-refractivity contribution in [3.05, 3.63) is 75.8 Å². The molecule has 3 aliphatic rings. The maximum atomic E-state index is 14.2. The van der Waals surface area contributed by atoms with Gasteiger partial charge in [0.25, 0.3) is 0 Å². The van der Waals surface area contributed by atoms with Gasteiger partial charge in [-0.2, -0.15) is 0 Å². The summed E-state index contributed by atoms with van der Waals surface area (Å²) in [6.45, 7) is 9.58. The largest absolute Gasteiger partial charge is 0.511 e. The summed E-state index contributed by atoms with van der Waals surface area (Å²) in [5, 5.41) is 46.1. The van der Waals surface area contributed by atoms with Crippen molar-refractivity contribution >= 4 is 23.1 Å². The van der Waals surface area contributed by atoms with Crippen LogP contribution < -0.4 is 0 Å². The summed E-state index contributed by atoms with van der Waals surface area (Å²) < 4.78 is 0. The minimum absolute atomic E-state index is 0.00253. The van der Waals surface area contributed by atoms with Crippen LogP contribution in [0.4, 0.5) is 0 Å². The molecule has 42 heavy (non-hydrogen) atoms. The summed E-state index contributed by atoms with van der Waals surface area (Å²) >= 11 is 0. The summed E-state index contributed by atoms with van der Waals surface area (Å²) in [6, 6.07) is 10.5. The van der Waals surface area contributed by atoms with E-state index >= 15 is 0 Å². The third-order valence-corrected chi connectivity index (χ3v) is 9.58. The van der Waals surface area contributed by atoms with Crippen LogP contribution in [0.3, 0.4) is 0 Å². The molecule has 5 rings (SSSR count). The number of aliphatic hydroxyl groups is 3. The van der Waals surface area contributed by atoms with E-state index in [0.717, 1.165) is 18.1 Å². The van der Waals surface area contributed by atoms with Crippen LogP contribution in [-0.4, -0.2) is 49.2 Å². The van der Waals surface area contributed by atoms with E-state index in [-0.39, 0.29) is 47.8 Å². The monoisotopic (exact) mass is 572 g/mol. The van der Waals surface area contributed by atoms with Crippen LogP contribution in [-0.2, 0) is 27.2 Å². The predicted molar refractivity (Wildman–Crippen MR) is 155 cm³/mol. The van der Waals surface area contributed by atoms with Gasteiger partial charge in [0.1, 0.15) is 28.6 Å². The highest BCUT2D eigenvalue weighted by molar-refractivity contribution is 6.25. The lowest BCUT2D eigenvalue weighted by Crippen LogP contribution is -2.67. The van der Waals surface area contributed by atoms with Gasteiger partial charge in [-0.05, 0) is 60.9 Å². The fraction of sp³-hybridized carbons (Fsp3) is 0.412. The van der Waals surface area contributed by atoms with Crippen molar-refractivity contribution in [1.29, 1.82) is 0 Å². The summed E-state index contributed by atoms with van der Waals surface area (Å²) in [7, 11) is 0. The Hall–Kier alpha value is -4.04. The lowest BCUT2D eigenvalue weighted by atomic mass is 9.44. The second kappa shape index (κ2) is 9.49. The highest BCUT2D eigenvalue weighted by atomic mass is 16.3. The predicted octanol–water partition coefficient (Wildman–Crippen LogP) is 5.15. The van der Waals surface area contributed by atoms with E-state index in [1.807, 2.05) is 24.3 Å². The Kier molecular flexibility index (Phi) is 6.66. The van der Waals surface area contributed by atoms with Crippen molar-refractivity contribution in [2.75, 3.05) is 0 Å². The van der Waals surface area contributed by atoms with Crippen molar-refractivity contribution in [2.24, 2.45) is 22.7 Å². The van der Waals surface area contributed by atoms with E-state index in [1.54, 1.807) is 33.8 Å². The third kappa shape index (κ3) is 3.84. The van der Waals surface area contributed by atoms with E-state index in [2.05, 4.69) is 0 Å². The van der Waals surface area contributed by atoms with Gasteiger partial charge in [0.05, 0.1) is 5.56 Å². The number of allylic oxidation sites excluding steroid dienone is 2. The number of hydrogen-bond donors (Lipinski definition) is 4. The molecule has 0 spiro atoms. The number of carbonyl (C=O) groups is 4. The van der Waals surface area contributed by atoms with Crippen molar-refractivity contribution < 1.29 is 39.6 Å². The van der Waals surface area contributed by atoms with E-state index < -0.39 is 56.8 Å². The van der Waals surface area contributed by atoms with Gasteiger partial charge in [-0.1, -0.05) is 58.0 Å². The van der Waals surface area contributed by atoms with Crippen molar-refractivity contribution in [3.8, 4) is 16.9 Å². The topological polar surface area (TPSA) is 149 Å². The Balaban J connectivity index is 1.77. The molecule has 4 atom stereocenters. The smallest absolute Gasteiger partial charge is 0.209 e. The molecular weight excluding hydrogens is 536 g/mol. The van der Waals surface area contributed by atoms with E-state index in [4.69, 9.17) is 0 Å². The minimum atomic E-state index is -2.65. The first-order chi connectivity index (χ1) is 19.5. The average Bonchev–Trinajstić information content (AvgIpc) is 2.85. The fourth-order valence-corrected chi connectivity index (χ4v) is 8.14. The van der Waals surface area contributed by atoms with Gasteiger partial charge in [-0.15, -0.1) is 0 Å². The van der Waals surface area contributed by atoms with Gasteiger partial charge in [0.2, 0.25) is 5.78 Å². The van der Waals surface area contributed by atoms with Crippen molar-refractivity contribution in [2.45, 2.75) is 66.4 Å². The molecule has 0 radical (unpaired) electrons. The van der Waals surface area contributed by atoms with Gasteiger partial charge in [0, 0.05) is 28.7 Å². The number of phenolic OH excluding ortho intramolecular Hbond substituents is 1. The lowest BCUT2D eigenvalue weighted by Gasteiger charge is -2.59. The van der Waals surface area contributed by atoms with Crippen LogP contribution in [0.2, 0.25) is 0 Å². The van der Waals surface area contributed by atoms with E-state index in [9.17, 15) is 39.6 Å². The van der Waals surface area contributed by atoms with Crippen molar-refractivity contribution in [3.63, 3.8) is 0 Å². The molecule has 220 valence electrons. The molecule has 0 amide bonds. The highest BCUT2D eigenvalue weighted by Crippen LogP contribution is 2.65. The zero-order valence-corrected chi connectivity index (χ0v) is 24.7. The second-order valence-electron chi connectivity index (χ2n) is 13.0. The minimum Gasteiger partial charge on any atom is -0.511 e. The second-order valence-corrected chi connectivity index (χ2v) is 13.0. The molecule has 0 fully saturated rings. The summed E-state index contributed by atoms with van der Waals surface area (Å²) in [6.07, 6.45) is 0.430. The van der Waals surface area contributed by atoms with Crippen LogP contribution in [0.5, 0.6) is 5.75 Å². The summed E-state index contributed by atoms with van der Waals surface area (Å²) in [5.41, 5.74) is -3.29. The first-order valence-corrected chi connectivity index (χ1v) is 14.1. The highest BCUT2D eigenvalue weighted by Gasteiger charge is 2.71. The number of aromatic hydroxyl groups is 1. The summed E-state index contributed by atoms with van der Waals surface area (Å²) in [5.74, 6) is -5.41. The first-order valence-electron chi connectivity index (χ1n) is 14.1. The molecule has 0 aromatic heterocycles. The Morgan fingerprint density at radius 2 is 1.69 bits per heavy atom. The molecule has 8 heteroatoms. The van der Waals surface area contributed by atoms with Crippen LogP contribution in [0, 0.1) is 22.7 Å². The third-order valence-electron chi connectivity index (χ3n) is 9.58. The molecule has 8 nitrogen and oxygen atoms in total. The molecule has 0 heterocycles. The molecule has 1 unspecified atom stereocenters. The Morgan fingerprint density at radius 1 is 1.02 bits per heavy atom. The number of benzene rings is 2. The molecule has 3 aliphatic carbocycles. The maximum Gasteiger partial charge on any atom is 0.209 e. The fourth-order valence-electron chi connectivity index (χ4n) is 8.14. The SMILES string of the molecule is CC(=O)Cc1cccc(-c2ccc(O)c3c2C[C@]2(C)C[C@]4(C)C(C(C)C)C(O)=C(C(C)=O)C(=O)[C@]4(O)C(O)=C2C3=O)c1. The molecule has 0 saturated carbocycles. The van der Waals surface area contributed by atoms with Gasteiger partial charge < -0.3 is 20.4 Å². The number of aliphatic hydroxyl groups excluding tert-OH is 2. The molecule has 0 aliphatic heterocycles. The standard InChI is InChI=1S/C34H36O8/c1-16(2)26-28(38)24(18(4)36)30(40)34(42)31(41)27-29(39)25-22(14-32(27,5)15-33(26,34)6)21(10-11-23(25)37)20-9-7-8-19(13-20)12-17(3)35/h7-11,13,16,26,37-38,41-42H,12,14-15H2,1-6H3/t26?,32-,33-,34+/m1/s1. The maximum absolute atomic E-state index is 14.2. The Bertz CT molecular complexity index is 1660. The van der Waals surface area contributed by atoms with Crippen LogP contribution >= 0.6 is 0 Å². The Labute approximate surface area is 244 Å². The number of ketones is 4. The zero-order valence-electron chi connectivity index (χ0n) is 24.7. The number of carbonyl (C=O) groups excluding carboxylic acids is 4. The molecule has 0 bridgehead atoms. The van der Waals surface area contributed by atoms with Gasteiger partial charge in [0.15, 0.2) is 17.2 Å². The van der Waals surface area contributed by atoms with Crippen molar-refractivity contribution in [1.82, 2.24) is 0 Å². The van der Waals surface area contributed by atoms with Crippen LogP contribution in [0.25, 0.3) is 11.1 Å². The van der Waals surface area contributed by atoms with E-state index in [0.29, 0.717) is 11.1 Å². The number of fused-ring (bicyclic) bond motifs is 3. The normalized spacial score (nSPS) is 28.9. The zero-order chi connectivity index (χ0) is 31.1. The number of hydrogen-bond acceptors (Lipinski definition) is 8.